The molecule has 1 aromatic carbocycles. The van der Waals surface area contributed by atoms with Crippen molar-refractivity contribution in [2.45, 2.75) is 40.2 Å². The maximum absolute atomic E-state index is 6.23. The normalized spacial score (nSPS) is 12.7. The van der Waals surface area contributed by atoms with E-state index >= 15 is 0 Å². The average Bonchev–Trinajstić information content (AvgIpc) is 2.82. The zero-order valence-corrected chi connectivity index (χ0v) is 14.2. The van der Waals surface area contributed by atoms with Crippen LogP contribution in [-0.4, -0.2) is 6.54 Å². The van der Waals surface area contributed by atoms with Gasteiger partial charge in [0.05, 0.1) is 6.04 Å². The second kappa shape index (κ2) is 6.75. The van der Waals surface area contributed by atoms with Gasteiger partial charge in [0.15, 0.2) is 0 Å². The van der Waals surface area contributed by atoms with Crippen molar-refractivity contribution in [1.29, 1.82) is 0 Å². The Balaban J connectivity index is 2.46. The van der Waals surface area contributed by atoms with Crippen molar-refractivity contribution in [2.75, 3.05) is 6.54 Å². The van der Waals surface area contributed by atoms with E-state index in [1.807, 2.05) is 0 Å². The highest BCUT2D eigenvalue weighted by molar-refractivity contribution is 7.08. The molecular weight excluding hydrogens is 286 g/mol. The van der Waals surface area contributed by atoms with Crippen LogP contribution in [-0.2, 0) is 0 Å². The number of hydrogen-bond donors (Lipinski definition) is 1. The van der Waals surface area contributed by atoms with Gasteiger partial charge in [0.2, 0.25) is 0 Å². The monoisotopic (exact) mass is 307 g/mol. The molecule has 0 aliphatic rings. The van der Waals surface area contributed by atoms with E-state index in [0.717, 1.165) is 23.6 Å². The average molecular weight is 308 g/mol. The Labute approximate surface area is 131 Å². The molecule has 0 amide bonds. The third-order valence-electron chi connectivity index (χ3n) is 3.66. The number of nitrogens with one attached hydrogen (secondary N) is 1. The lowest BCUT2D eigenvalue weighted by molar-refractivity contribution is 0.595. The fraction of sp³-hybridized carbons (Fsp3) is 0.412. The number of benzene rings is 1. The van der Waals surface area contributed by atoms with E-state index in [9.17, 15) is 0 Å². The Morgan fingerprint density at radius 3 is 2.40 bits per heavy atom. The predicted octanol–water partition coefficient (Wildman–Crippen LogP) is 5.42. The van der Waals surface area contributed by atoms with Crippen molar-refractivity contribution >= 4 is 22.9 Å². The van der Waals surface area contributed by atoms with Gasteiger partial charge in [-0.05, 0) is 78.4 Å². The van der Waals surface area contributed by atoms with Crippen LogP contribution in [0.4, 0.5) is 0 Å². The molecule has 1 aromatic heterocycles. The molecule has 0 aliphatic heterocycles. The second-order valence-electron chi connectivity index (χ2n) is 5.36. The van der Waals surface area contributed by atoms with E-state index in [1.54, 1.807) is 11.3 Å². The summed E-state index contributed by atoms with van der Waals surface area (Å²) in [5.74, 6) is 0. The minimum Gasteiger partial charge on any atom is -0.306 e. The molecule has 1 atom stereocenters. The number of hydrogen-bond acceptors (Lipinski definition) is 2. The molecule has 1 nitrogen and oxygen atoms in total. The fourth-order valence-electron chi connectivity index (χ4n) is 2.46. The molecule has 0 fully saturated rings. The molecule has 0 saturated heterocycles. The summed E-state index contributed by atoms with van der Waals surface area (Å²) < 4.78 is 0. The number of aryl methyl sites for hydroxylation is 3. The largest absolute Gasteiger partial charge is 0.306 e. The lowest BCUT2D eigenvalue weighted by Crippen LogP contribution is -2.24. The van der Waals surface area contributed by atoms with E-state index in [2.05, 4.69) is 55.9 Å². The van der Waals surface area contributed by atoms with E-state index in [-0.39, 0.29) is 6.04 Å². The fourth-order valence-corrected chi connectivity index (χ4v) is 3.55. The molecule has 2 rings (SSSR count). The van der Waals surface area contributed by atoms with E-state index in [4.69, 9.17) is 11.6 Å². The third kappa shape index (κ3) is 3.25. The van der Waals surface area contributed by atoms with Crippen molar-refractivity contribution in [3.05, 3.63) is 55.7 Å². The molecule has 0 bridgehead atoms. The summed E-state index contributed by atoms with van der Waals surface area (Å²) in [5.41, 5.74) is 6.47. The standard InChI is InChI=1S/C17H22ClNS/c1-5-6-19-17(15-10-20-9-13(15)4)14-7-12(3)16(18)8-11(14)2/h7-10,17,19H,5-6H2,1-4H3. The Morgan fingerprint density at radius 1 is 1.05 bits per heavy atom. The molecule has 0 saturated carbocycles. The van der Waals surface area contributed by atoms with Gasteiger partial charge in [-0.1, -0.05) is 24.6 Å². The Morgan fingerprint density at radius 2 is 1.80 bits per heavy atom. The van der Waals surface area contributed by atoms with E-state index in [0.29, 0.717) is 0 Å². The SMILES string of the molecule is CCCNC(c1cscc1C)c1cc(C)c(Cl)cc1C. The van der Waals surface area contributed by atoms with Gasteiger partial charge in [0, 0.05) is 5.02 Å². The summed E-state index contributed by atoms with van der Waals surface area (Å²) >= 11 is 8.00. The maximum Gasteiger partial charge on any atom is 0.0590 e. The quantitative estimate of drug-likeness (QED) is 0.778. The first-order chi connectivity index (χ1) is 9.54. The summed E-state index contributed by atoms with van der Waals surface area (Å²) in [6.07, 6.45) is 1.13. The smallest absolute Gasteiger partial charge is 0.0590 e. The number of rotatable bonds is 5. The minimum absolute atomic E-state index is 0.261. The van der Waals surface area contributed by atoms with Crippen LogP contribution in [0.15, 0.2) is 22.9 Å². The molecule has 1 N–H and O–H groups in total. The molecular formula is C17H22ClNS. The summed E-state index contributed by atoms with van der Waals surface area (Å²) in [4.78, 5) is 0. The molecule has 108 valence electrons. The van der Waals surface area contributed by atoms with Gasteiger partial charge in [-0.25, -0.2) is 0 Å². The van der Waals surface area contributed by atoms with Gasteiger partial charge < -0.3 is 5.32 Å². The van der Waals surface area contributed by atoms with Crippen LogP contribution in [0.2, 0.25) is 5.02 Å². The van der Waals surface area contributed by atoms with Crippen LogP contribution < -0.4 is 5.32 Å². The summed E-state index contributed by atoms with van der Waals surface area (Å²) in [7, 11) is 0. The van der Waals surface area contributed by atoms with Crippen LogP contribution in [0.25, 0.3) is 0 Å². The first-order valence-electron chi connectivity index (χ1n) is 7.07. The lowest BCUT2D eigenvalue weighted by atomic mass is 9.93. The highest BCUT2D eigenvalue weighted by Crippen LogP contribution is 2.32. The van der Waals surface area contributed by atoms with Crippen molar-refractivity contribution in [3.63, 3.8) is 0 Å². The summed E-state index contributed by atoms with van der Waals surface area (Å²) in [5, 5.41) is 9.00. The molecule has 0 aliphatic carbocycles. The summed E-state index contributed by atoms with van der Waals surface area (Å²) in [6.45, 7) is 9.61. The Kier molecular flexibility index (Phi) is 5.25. The highest BCUT2D eigenvalue weighted by atomic mass is 35.5. The van der Waals surface area contributed by atoms with Crippen molar-refractivity contribution in [2.24, 2.45) is 0 Å². The van der Waals surface area contributed by atoms with Gasteiger partial charge in [-0.3, -0.25) is 0 Å². The van der Waals surface area contributed by atoms with Gasteiger partial charge in [-0.15, -0.1) is 0 Å². The number of halogens is 1. The van der Waals surface area contributed by atoms with Crippen LogP contribution in [0.3, 0.4) is 0 Å². The minimum atomic E-state index is 0.261. The first kappa shape index (κ1) is 15.6. The van der Waals surface area contributed by atoms with Crippen molar-refractivity contribution < 1.29 is 0 Å². The van der Waals surface area contributed by atoms with Crippen LogP contribution in [0, 0.1) is 20.8 Å². The van der Waals surface area contributed by atoms with E-state index in [1.165, 1.54) is 22.3 Å². The van der Waals surface area contributed by atoms with Gasteiger partial charge in [-0.2, -0.15) is 11.3 Å². The predicted molar refractivity (Wildman–Crippen MR) is 90.1 cm³/mol. The lowest BCUT2D eigenvalue weighted by Gasteiger charge is -2.22. The van der Waals surface area contributed by atoms with Crippen molar-refractivity contribution in [3.8, 4) is 0 Å². The Hall–Kier alpha value is -0.830. The molecule has 1 heterocycles. The third-order valence-corrected chi connectivity index (χ3v) is 4.95. The molecule has 3 heteroatoms. The molecule has 0 spiro atoms. The second-order valence-corrected chi connectivity index (χ2v) is 6.51. The molecule has 2 aromatic rings. The topological polar surface area (TPSA) is 12.0 Å². The first-order valence-corrected chi connectivity index (χ1v) is 8.39. The van der Waals surface area contributed by atoms with Crippen molar-refractivity contribution in [1.82, 2.24) is 5.32 Å². The maximum atomic E-state index is 6.23. The van der Waals surface area contributed by atoms with Crippen LogP contribution in [0.5, 0.6) is 0 Å². The van der Waals surface area contributed by atoms with Gasteiger partial charge in [0.25, 0.3) is 0 Å². The molecule has 1 unspecified atom stereocenters. The Bertz CT molecular complexity index is 589. The molecule has 0 radical (unpaired) electrons. The van der Waals surface area contributed by atoms with Crippen LogP contribution >= 0.6 is 22.9 Å². The van der Waals surface area contributed by atoms with Gasteiger partial charge >= 0.3 is 0 Å². The molecule has 20 heavy (non-hydrogen) atoms. The van der Waals surface area contributed by atoms with E-state index < -0.39 is 0 Å². The zero-order valence-electron chi connectivity index (χ0n) is 12.6. The van der Waals surface area contributed by atoms with Crippen LogP contribution in [0.1, 0.15) is 47.2 Å². The van der Waals surface area contributed by atoms with Gasteiger partial charge in [0.1, 0.15) is 0 Å². The summed E-state index contributed by atoms with van der Waals surface area (Å²) in [6, 6.07) is 4.56. The zero-order chi connectivity index (χ0) is 14.7. The highest BCUT2D eigenvalue weighted by Gasteiger charge is 2.19. The number of thiophene rings is 1.